The predicted molar refractivity (Wildman–Crippen MR) is 136 cm³/mol. The van der Waals surface area contributed by atoms with Crippen LogP contribution in [0.1, 0.15) is 27.4 Å². The second kappa shape index (κ2) is 9.85. The molecule has 2 aromatic heterocycles. The highest BCUT2D eigenvalue weighted by Crippen LogP contribution is 2.31. The van der Waals surface area contributed by atoms with Crippen LogP contribution in [0.15, 0.2) is 59.1 Å². The van der Waals surface area contributed by atoms with Gasteiger partial charge < -0.3 is 9.42 Å². The van der Waals surface area contributed by atoms with Crippen LogP contribution >= 0.6 is 23.2 Å². The maximum absolute atomic E-state index is 13.0. The zero-order valence-corrected chi connectivity index (χ0v) is 21.1. The fourth-order valence-corrected chi connectivity index (χ4v) is 4.91. The van der Waals surface area contributed by atoms with E-state index in [9.17, 15) is 4.79 Å². The molecule has 0 N–H and O–H groups in total. The van der Waals surface area contributed by atoms with Crippen molar-refractivity contribution in [1.82, 2.24) is 24.7 Å². The Kier molecular flexibility index (Phi) is 6.65. The number of carbonyl (C=O) groups excluding carboxylic acids is 1. The van der Waals surface area contributed by atoms with Gasteiger partial charge in [-0.25, -0.2) is 4.68 Å². The number of piperazine rings is 1. The molecule has 180 valence electrons. The maximum Gasteiger partial charge on any atom is 0.276 e. The van der Waals surface area contributed by atoms with Crippen molar-refractivity contribution in [2.45, 2.75) is 20.4 Å². The molecule has 4 aromatic rings. The Morgan fingerprint density at radius 3 is 2.46 bits per heavy atom. The summed E-state index contributed by atoms with van der Waals surface area (Å²) in [6, 6.07) is 16.9. The fourth-order valence-electron chi connectivity index (χ4n) is 4.41. The van der Waals surface area contributed by atoms with Crippen molar-refractivity contribution in [3.05, 3.63) is 87.3 Å². The zero-order chi connectivity index (χ0) is 24.5. The summed E-state index contributed by atoms with van der Waals surface area (Å²) >= 11 is 12.2. The molecule has 0 bridgehead atoms. The molecule has 9 heteroatoms. The lowest BCUT2D eigenvalue weighted by Crippen LogP contribution is -2.48. The zero-order valence-electron chi connectivity index (χ0n) is 19.5. The van der Waals surface area contributed by atoms with Crippen molar-refractivity contribution < 1.29 is 9.32 Å². The minimum atomic E-state index is -0.144. The van der Waals surface area contributed by atoms with E-state index < -0.39 is 0 Å². The normalized spacial score (nSPS) is 14.5. The molecule has 1 fully saturated rings. The number of aromatic nitrogens is 3. The van der Waals surface area contributed by atoms with Crippen LogP contribution in [0.25, 0.3) is 17.0 Å². The van der Waals surface area contributed by atoms with Crippen LogP contribution in [-0.4, -0.2) is 56.8 Å². The average molecular weight is 510 g/mol. The third kappa shape index (κ3) is 4.85. The second-order valence-corrected chi connectivity index (χ2v) is 9.51. The highest BCUT2D eigenvalue weighted by molar-refractivity contribution is 6.36. The van der Waals surface area contributed by atoms with Gasteiger partial charge in [0, 0.05) is 60.6 Å². The summed E-state index contributed by atoms with van der Waals surface area (Å²) in [5.41, 5.74) is 5.38. The molecule has 0 spiro atoms. The molecule has 1 saturated heterocycles. The number of hydrogen-bond donors (Lipinski definition) is 0. The van der Waals surface area contributed by atoms with Gasteiger partial charge in [0.05, 0.1) is 16.4 Å². The molecule has 1 amide bonds. The van der Waals surface area contributed by atoms with Crippen molar-refractivity contribution in [2.75, 3.05) is 26.2 Å². The number of rotatable bonds is 5. The molecule has 0 unspecified atom stereocenters. The fraction of sp³-hybridized carbons (Fsp3) is 0.269. The number of nitrogens with zero attached hydrogens (tertiary/aromatic N) is 5. The monoisotopic (exact) mass is 509 g/mol. The van der Waals surface area contributed by atoms with Gasteiger partial charge in [0.15, 0.2) is 11.5 Å². The summed E-state index contributed by atoms with van der Waals surface area (Å²) < 4.78 is 7.40. The van der Waals surface area contributed by atoms with Crippen molar-refractivity contribution >= 4 is 29.1 Å². The number of aryl methyl sites for hydroxylation is 1. The highest BCUT2D eigenvalue weighted by Gasteiger charge is 2.26. The predicted octanol–water partition coefficient (Wildman–Crippen LogP) is 5.41. The van der Waals surface area contributed by atoms with E-state index in [4.69, 9.17) is 32.8 Å². The molecule has 7 nitrogen and oxygen atoms in total. The number of halogens is 2. The molecule has 35 heavy (non-hydrogen) atoms. The Hall–Kier alpha value is -3.13. The molecule has 1 aliphatic rings. The summed E-state index contributed by atoms with van der Waals surface area (Å²) in [6.07, 6.45) is 0. The first kappa shape index (κ1) is 23.6. The SMILES string of the molecule is Cc1nn(-c2ccccc2)c(C)c1CN1CCN(C(=O)c2cc(-c3ccc(Cl)cc3Cl)on2)CC1. The molecule has 1 aliphatic heterocycles. The lowest BCUT2D eigenvalue weighted by Gasteiger charge is -2.34. The first-order valence-electron chi connectivity index (χ1n) is 11.4. The van der Waals surface area contributed by atoms with E-state index in [2.05, 4.69) is 36.0 Å². The molecular weight excluding hydrogens is 485 g/mol. The quantitative estimate of drug-likeness (QED) is 0.359. The van der Waals surface area contributed by atoms with Gasteiger partial charge in [-0.2, -0.15) is 5.10 Å². The van der Waals surface area contributed by atoms with Gasteiger partial charge in [-0.3, -0.25) is 9.69 Å². The van der Waals surface area contributed by atoms with Gasteiger partial charge in [0.1, 0.15) is 0 Å². The third-order valence-electron chi connectivity index (χ3n) is 6.41. The molecule has 2 aromatic carbocycles. The minimum absolute atomic E-state index is 0.144. The van der Waals surface area contributed by atoms with Gasteiger partial charge in [0.25, 0.3) is 5.91 Å². The first-order valence-corrected chi connectivity index (χ1v) is 12.2. The molecule has 0 saturated carbocycles. The molecule has 0 atom stereocenters. The number of amides is 1. The van der Waals surface area contributed by atoms with Crippen LogP contribution in [0.5, 0.6) is 0 Å². The Labute approximate surface area is 213 Å². The van der Waals surface area contributed by atoms with E-state index >= 15 is 0 Å². The van der Waals surface area contributed by atoms with Crippen molar-refractivity contribution in [3.63, 3.8) is 0 Å². The smallest absolute Gasteiger partial charge is 0.276 e. The summed E-state index contributed by atoms with van der Waals surface area (Å²) in [7, 11) is 0. The third-order valence-corrected chi connectivity index (χ3v) is 6.96. The average Bonchev–Trinajstić information content (AvgIpc) is 3.45. The van der Waals surface area contributed by atoms with Crippen LogP contribution in [0.3, 0.4) is 0 Å². The van der Waals surface area contributed by atoms with E-state index in [1.54, 1.807) is 24.3 Å². The number of benzene rings is 2. The molecule has 0 aliphatic carbocycles. The van der Waals surface area contributed by atoms with Crippen molar-refractivity contribution in [2.24, 2.45) is 0 Å². The lowest BCUT2D eigenvalue weighted by molar-refractivity contribution is 0.0618. The van der Waals surface area contributed by atoms with E-state index in [1.807, 2.05) is 27.8 Å². The number of carbonyl (C=O) groups is 1. The van der Waals surface area contributed by atoms with E-state index in [0.717, 1.165) is 36.7 Å². The Bertz CT molecular complexity index is 1360. The maximum atomic E-state index is 13.0. The van der Waals surface area contributed by atoms with Crippen LogP contribution < -0.4 is 0 Å². The van der Waals surface area contributed by atoms with E-state index in [-0.39, 0.29) is 11.6 Å². The largest absolute Gasteiger partial charge is 0.355 e. The Balaban J connectivity index is 1.23. The summed E-state index contributed by atoms with van der Waals surface area (Å²) in [4.78, 5) is 17.2. The van der Waals surface area contributed by atoms with E-state index in [1.165, 1.54) is 5.56 Å². The summed E-state index contributed by atoms with van der Waals surface area (Å²) in [5, 5.41) is 9.73. The van der Waals surface area contributed by atoms with E-state index in [0.29, 0.717) is 34.5 Å². The molecule has 0 radical (unpaired) electrons. The molecule has 3 heterocycles. The number of hydrogen-bond acceptors (Lipinski definition) is 5. The summed E-state index contributed by atoms with van der Waals surface area (Å²) in [6.45, 7) is 7.74. The van der Waals surface area contributed by atoms with Crippen molar-refractivity contribution in [1.29, 1.82) is 0 Å². The van der Waals surface area contributed by atoms with Gasteiger partial charge in [0.2, 0.25) is 0 Å². The second-order valence-electron chi connectivity index (χ2n) is 8.67. The van der Waals surface area contributed by atoms with Gasteiger partial charge in [-0.15, -0.1) is 0 Å². The van der Waals surface area contributed by atoms with Crippen LogP contribution in [0.4, 0.5) is 0 Å². The van der Waals surface area contributed by atoms with Gasteiger partial charge >= 0.3 is 0 Å². The minimum Gasteiger partial charge on any atom is -0.355 e. The number of para-hydroxylation sites is 1. The Morgan fingerprint density at radius 1 is 1.00 bits per heavy atom. The van der Waals surface area contributed by atoms with Gasteiger partial charge in [-0.1, -0.05) is 46.6 Å². The van der Waals surface area contributed by atoms with Crippen LogP contribution in [0, 0.1) is 13.8 Å². The summed E-state index contributed by atoms with van der Waals surface area (Å²) in [5.74, 6) is 0.295. The van der Waals surface area contributed by atoms with Gasteiger partial charge in [-0.05, 0) is 44.2 Å². The Morgan fingerprint density at radius 2 is 1.74 bits per heavy atom. The molecule has 5 rings (SSSR count). The van der Waals surface area contributed by atoms with Crippen molar-refractivity contribution in [3.8, 4) is 17.0 Å². The standard InChI is InChI=1S/C26H25Cl2N5O2/c1-17-22(18(2)33(29-17)20-6-4-3-5-7-20)16-31-10-12-32(13-11-31)26(34)24-15-25(35-30-24)21-9-8-19(27)14-23(21)28/h3-9,14-15H,10-13,16H2,1-2H3. The lowest BCUT2D eigenvalue weighted by atomic mass is 10.1. The topological polar surface area (TPSA) is 67.4 Å². The van der Waals surface area contributed by atoms with Crippen LogP contribution in [-0.2, 0) is 6.54 Å². The molecular formula is C26H25Cl2N5O2. The first-order chi connectivity index (χ1) is 16.9. The highest BCUT2D eigenvalue weighted by atomic mass is 35.5. The van der Waals surface area contributed by atoms with Crippen LogP contribution in [0.2, 0.25) is 10.0 Å².